The number of furan rings is 1. The second-order valence-electron chi connectivity index (χ2n) is 5.04. The van der Waals surface area contributed by atoms with Crippen molar-refractivity contribution in [3.8, 4) is 5.75 Å². The molecule has 0 amide bonds. The molecule has 0 saturated heterocycles. The first kappa shape index (κ1) is 17.0. The highest BCUT2D eigenvalue weighted by atomic mass is 79.9. The zero-order valence-electron chi connectivity index (χ0n) is 13.2. The Kier molecular flexibility index (Phi) is 5.04. The molecular formula is C18H13BrO6. The van der Waals surface area contributed by atoms with Crippen LogP contribution in [-0.4, -0.2) is 13.1 Å². The summed E-state index contributed by atoms with van der Waals surface area (Å²) in [6.45, 7) is -0.0561. The van der Waals surface area contributed by atoms with Crippen LogP contribution in [0.4, 0.5) is 0 Å². The van der Waals surface area contributed by atoms with E-state index in [1.807, 2.05) is 0 Å². The second-order valence-corrected chi connectivity index (χ2v) is 5.82. The number of methoxy groups -OCH3 is 1. The molecule has 7 heteroatoms. The molecule has 2 heterocycles. The summed E-state index contributed by atoms with van der Waals surface area (Å²) in [5.41, 5.74) is 0.396. The van der Waals surface area contributed by atoms with Crippen LogP contribution in [0.1, 0.15) is 11.3 Å². The molecule has 0 bridgehead atoms. The fourth-order valence-electron chi connectivity index (χ4n) is 2.22. The van der Waals surface area contributed by atoms with Gasteiger partial charge < -0.3 is 18.3 Å². The van der Waals surface area contributed by atoms with Crippen LogP contribution in [0.15, 0.2) is 60.8 Å². The highest BCUT2D eigenvalue weighted by Gasteiger charge is 2.09. The van der Waals surface area contributed by atoms with Gasteiger partial charge in [-0.05, 0) is 46.3 Å². The van der Waals surface area contributed by atoms with Crippen LogP contribution in [0.25, 0.3) is 17.0 Å². The minimum absolute atomic E-state index is 0.0561. The van der Waals surface area contributed by atoms with Crippen LogP contribution >= 0.6 is 15.9 Å². The third-order valence-electron chi connectivity index (χ3n) is 3.38. The maximum absolute atomic E-state index is 11.8. The number of hydrogen-bond donors (Lipinski definition) is 0. The summed E-state index contributed by atoms with van der Waals surface area (Å²) >= 11 is 3.18. The molecule has 1 aromatic carbocycles. The first-order valence-corrected chi connectivity index (χ1v) is 8.05. The Morgan fingerprint density at radius 2 is 2.04 bits per heavy atom. The van der Waals surface area contributed by atoms with E-state index in [-0.39, 0.29) is 6.61 Å². The van der Waals surface area contributed by atoms with E-state index in [4.69, 9.17) is 18.3 Å². The molecule has 2 aromatic heterocycles. The number of carbonyl (C=O) groups is 1. The van der Waals surface area contributed by atoms with Crippen LogP contribution in [0.3, 0.4) is 0 Å². The van der Waals surface area contributed by atoms with Crippen molar-refractivity contribution in [1.82, 2.24) is 0 Å². The maximum atomic E-state index is 11.8. The van der Waals surface area contributed by atoms with E-state index in [9.17, 15) is 9.59 Å². The zero-order chi connectivity index (χ0) is 17.8. The third-order valence-corrected chi connectivity index (χ3v) is 3.81. The summed E-state index contributed by atoms with van der Waals surface area (Å²) < 4.78 is 21.3. The van der Waals surface area contributed by atoms with Gasteiger partial charge >= 0.3 is 11.6 Å². The van der Waals surface area contributed by atoms with Gasteiger partial charge in [0.2, 0.25) is 0 Å². The quantitative estimate of drug-likeness (QED) is 0.364. The Balaban J connectivity index is 1.75. The van der Waals surface area contributed by atoms with Gasteiger partial charge in [-0.2, -0.15) is 0 Å². The molecule has 3 aromatic rings. The summed E-state index contributed by atoms with van der Waals surface area (Å²) in [6, 6.07) is 9.82. The van der Waals surface area contributed by atoms with Crippen LogP contribution in [0, 0.1) is 0 Å². The molecule has 0 spiro atoms. The predicted molar refractivity (Wildman–Crippen MR) is 94.3 cm³/mol. The Morgan fingerprint density at radius 3 is 2.76 bits per heavy atom. The van der Waals surface area contributed by atoms with Crippen molar-refractivity contribution in [3.05, 3.63) is 68.9 Å². The fourth-order valence-corrected chi connectivity index (χ4v) is 2.54. The van der Waals surface area contributed by atoms with Crippen molar-refractivity contribution in [2.45, 2.75) is 6.61 Å². The number of benzene rings is 1. The smallest absolute Gasteiger partial charge is 0.336 e. The van der Waals surface area contributed by atoms with Gasteiger partial charge in [-0.25, -0.2) is 9.59 Å². The Morgan fingerprint density at radius 1 is 1.20 bits per heavy atom. The standard InChI is InChI=1S/C18H13BrO6/c1-22-13-2-5-14-11(8-18(21)25-15(14)9-13)10-23-17(20)7-4-12-3-6-16(19)24-12/h2-9H,10H2,1H3. The van der Waals surface area contributed by atoms with E-state index >= 15 is 0 Å². The lowest BCUT2D eigenvalue weighted by atomic mass is 10.1. The number of esters is 1. The summed E-state index contributed by atoms with van der Waals surface area (Å²) in [4.78, 5) is 23.5. The minimum Gasteiger partial charge on any atom is -0.497 e. The van der Waals surface area contributed by atoms with Crippen molar-refractivity contribution >= 4 is 38.9 Å². The van der Waals surface area contributed by atoms with Crippen LogP contribution in [0.2, 0.25) is 0 Å². The normalized spacial score (nSPS) is 11.1. The monoisotopic (exact) mass is 404 g/mol. The lowest BCUT2D eigenvalue weighted by Gasteiger charge is -2.07. The van der Waals surface area contributed by atoms with Gasteiger partial charge in [-0.3, -0.25) is 0 Å². The van der Waals surface area contributed by atoms with Crippen LogP contribution in [-0.2, 0) is 16.1 Å². The van der Waals surface area contributed by atoms with Gasteiger partial charge in [-0.1, -0.05) is 0 Å². The van der Waals surface area contributed by atoms with E-state index in [0.29, 0.717) is 32.7 Å². The number of ether oxygens (including phenoxy) is 2. The van der Waals surface area contributed by atoms with Crippen molar-refractivity contribution in [1.29, 1.82) is 0 Å². The third kappa shape index (κ3) is 4.19. The molecule has 0 aliphatic rings. The topological polar surface area (TPSA) is 78.9 Å². The summed E-state index contributed by atoms with van der Waals surface area (Å²) in [6.07, 6.45) is 2.75. The highest BCUT2D eigenvalue weighted by molar-refractivity contribution is 9.10. The first-order valence-electron chi connectivity index (χ1n) is 7.26. The molecule has 0 N–H and O–H groups in total. The van der Waals surface area contributed by atoms with Gasteiger partial charge in [0.15, 0.2) is 4.67 Å². The van der Waals surface area contributed by atoms with E-state index in [1.54, 1.807) is 30.3 Å². The van der Waals surface area contributed by atoms with Crippen molar-refractivity contribution < 1.29 is 23.1 Å². The number of fused-ring (bicyclic) bond motifs is 1. The maximum Gasteiger partial charge on any atom is 0.336 e. The molecule has 0 fully saturated rings. The molecule has 0 unspecified atom stereocenters. The molecule has 0 radical (unpaired) electrons. The average molecular weight is 405 g/mol. The predicted octanol–water partition coefficient (Wildman–Crippen LogP) is 3.91. The SMILES string of the molecule is COc1ccc2c(COC(=O)C=Cc3ccc(Br)o3)cc(=O)oc2c1. The molecule has 0 aliphatic carbocycles. The van der Waals surface area contributed by atoms with Gasteiger partial charge in [0, 0.05) is 29.2 Å². The molecule has 128 valence electrons. The largest absolute Gasteiger partial charge is 0.497 e. The van der Waals surface area contributed by atoms with Crippen LogP contribution < -0.4 is 10.4 Å². The minimum atomic E-state index is -0.553. The second kappa shape index (κ2) is 7.40. The Bertz CT molecular complexity index is 998. The first-order chi connectivity index (χ1) is 12.0. The summed E-state index contributed by atoms with van der Waals surface area (Å²) in [5, 5.41) is 0.673. The zero-order valence-corrected chi connectivity index (χ0v) is 14.7. The van der Waals surface area contributed by atoms with Crippen molar-refractivity contribution in [3.63, 3.8) is 0 Å². The number of carbonyl (C=O) groups excluding carboxylic acids is 1. The van der Waals surface area contributed by atoms with Crippen LogP contribution in [0.5, 0.6) is 5.75 Å². The lowest BCUT2D eigenvalue weighted by molar-refractivity contribution is -0.138. The van der Waals surface area contributed by atoms with Crippen molar-refractivity contribution in [2.24, 2.45) is 0 Å². The highest BCUT2D eigenvalue weighted by Crippen LogP contribution is 2.23. The molecular weight excluding hydrogens is 392 g/mol. The Labute approximate surface area is 150 Å². The van der Waals surface area contributed by atoms with Crippen molar-refractivity contribution in [2.75, 3.05) is 7.11 Å². The number of hydrogen-bond acceptors (Lipinski definition) is 6. The number of halogens is 1. The molecule has 0 aliphatic heterocycles. The van der Waals surface area contributed by atoms with Gasteiger partial charge in [0.25, 0.3) is 0 Å². The van der Waals surface area contributed by atoms with Gasteiger partial charge in [0.1, 0.15) is 23.7 Å². The van der Waals surface area contributed by atoms with E-state index < -0.39 is 11.6 Å². The number of rotatable bonds is 5. The van der Waals surface area contributed by atoms with E-state index in [1.165, 1.54) is 25.3 Å². The van der Waals surface area contributed by atoms with Gasteiger partial charge in [-0.15, -0.1) is 0 Å². The molecule has 25 heavy (non-hydrogen) atoms. The average Bonchev–Trinajstić information content (AvgIpc) is 3.02. The van der Waals surface area contributed by atoms with Gasteiger partial charge in [0.05, 0.1) is 7.11 Å². The molecule has 0 saturated carbocycles. The lowest BCUT2D eigenvalue weighted by Crippen LogP contribution is -2.05. The van der Waals surface area contributed by atoms with E-state index in [0.717, 1.165) is 0 Å². The summed E-state index contributed by atoms with van der Waals surface area (Å²) in [5.74, 6) is 0.529. The molecule has 3 rings (SSSR count). The molecule has 6 nitrogen and oxygen atoms in total. The van der Waals surface area contributed by atoms with E-state index in [2.05, 4.69) is 15.9 Å². The summed E-state index contributed by atoms with van der Waals surface area (Å²) in [7, 11) is 1.52. The Hall–Kier alpha value is -2.80. The fraction of sp³-hybridized carbons (Fsp3) is 0.111. The molecule has 0 atom stereocenters.